The molecule has 0 rings (SSSR count). The lowest BCUT2D eigenvalue weighted by Gasteiger charge is -2.21. The fourth-order valence-corrected chi connectivity index (χ4v) is 1.15. The van der Waals surface area contributed by atoms with E-state index in [4.69, 9.17) is 5.26 Å². The minimum atomic E-state index is 0.726. The summed E-state index contributed by atoms with van der Waals surface area (Å²) >= 11 is 0. The summed E-state index contributed by atoms with van der Waals surface area (Å²) < 4.78 is 0. The summed E-state index contributed by atoms with van der Waals surface area (Å²) in [5.41, 5.74) is 0. The normalized spacial score (nSPS) is 10.1. The van der Waals surface area contributed by atoms with Crippen molar-refractivity contribution in [2.75, 3.05) is 53.4 Å². The summed E-state index contributed by atoms with van der Waals surface area (Å²) in [6, 6.07) is 0. The molecule has 0 fully saturated rings. The van der Waals surface area contributed by atoms with Crippen molar-refractivity contribution < 1.29 is 0 Å². The first-order valence-electron chi connectivity index (χ1n) is 4.98. The second-order valence-electron chi connectivity index (χ2n) is 3.09. The summed E-state index contributed by atoms with van der Waals surface area (Å²) in [5.74, 6) is 0. The average Bonchev–Trinajstić information content (AvgIpc) is 2.21. The molecule has 0 aromatic carbocycles. The molecule has 0 spiro atoms. The van der Waals surface area contributed by atoms with Crippen molar-refractivity contribution in [2.24, 2.45) is 0 Å². The van der Waals surface area contributed by atoms with Crippen molar-refractivity contribution in [3.8, 4) is 6.19 Å². The van der Waals surface area contributed by atoms with E-state index < -0.39 is 0 Å². The largest absolute Gasteiger partial charge is 0.323 e. The van der Waals surface area contributed by atoms with E-state index in [1.165, 1.54) is 0 Å². The van der Waals surface area contributed by atoms with Gasteiger partial charge in [0.1, 0.15) is 0 Å². The highest BCUT2D eigenvalue weighted by Crippen LogP contribution is 1.84. The number of hydrogen-bond donors (Lipinski definition) is 3. The molecule has 0 heterocycles. The first-order valence-corrected chi connectivity index (χ1v) is 4.98. The maximum Gasteiger partial charge on any atom is 0.176 e. The number of likely N-dealkylation sites (N-methyl/N-ethyl adjacent to an activating group) is 2. The van der Waals surface area contributed by atoms with E-state index in [-0.39, 0.29) is 0 Å². The third-order valence-electron chi connectivity index (χ3n) is 1.99. The molecule has 0 saturated carbocycles. The highest BCUT2D eigenvalue weighted by Gasteiger charge is 2.02. The van der Waals surface area contributed by atoms with Gasteiger partial charge in [0.15, 0.2) is 6.19 Å². The van der Waals surface area contributed by atoms with E-state index in [9.17, 15) is 0 Å². The summed E-state index contributed by atoms with van der Waals surface area (Å²) in [6.07, 6.45) is 1.93. The van der Waals surface area contributed by atoms with Crippen LogP contribution in [-0.4, -0.2) is 58.3 Å². The van der Waals surface area contributed by atoms with Gasteiger partial charge < -0.3 is 16.0 Å². The molecule has 0 aromatic rings. The van der Waals surface area contributed by atoms with E-state index in [1.807, 2.05) is 20.3 Å². The Hall–Kier alpha value is -0.830. The Kier molecular flexibility index (Phi) is 9.64. The first kappa shape index (κ1) is 13.2. The second-order valence-corrected chi connectivity index (χ2v) is 3.09. The molecule has 0 aliphatic heterocycles. The van der Waals surface area contributed by atoms with Crippen molar-refractivity contribution in [1.82, 2.24) is 20.9 Å². The summed E-state index contributed by atoms with van der Waals surface area (Å²) in [4.78, 5) is 2.32. The van der Waals surface area contributed by atoms with Gasteiger partial charge in [0.25, 0.3) is 0 Å². The number of nitrogens with one attached hydrogen (secondary N) is 3. The van der Waals surface area contributed by atoms with Gasteiger partial charge in [-0.15, -0.1) is 0 Å². The van der Waals surface area contributed by atoms with Crippen molar-refractivity contribution in [1.29, 1.82) is 5.26 Å². The molecule has 5 nitrogen and oxygen atoms in total. The molecule has 82 valence electrons. The molecular formula is C9H21N5. The molecule has 3 N–H and O–H groups in total. The zero-order chi connectivity index (χ0) is 10.6. The zero-order valence-electron chi connectivity index (χ0n) is 9.14. The predicted octanol–water partition coefficient (Wildman–Crippen LogP) is -1.20. The maximum absolute atomic E-state index is 8.33. The van der Waals surface area contributed by atoms with Crippen LogP contribution in [0.2, 0.25) is 0 Å². The molecule has 0 aliphatic carbocycles. The highest BCUT2D eigenvalue weighted by molar-refractivity contribution is 4.68. The Morgan fingerprint density at radius 1 is 1.00 bits per heavy atom. The van der Waals surface area contributed by atoms with E-state index in [2.05, 4.69) is 20.9 Å². The van der Waals surface area contributed by atoms with Crippen LogP contribution in [0.4, 0.5) is 0 Å². The van der Waals surface area contributed by atoms with Gasteiger partial charge in [0.2, 0.25) is 0 Å². The Bertz CT molecular complexity index is 146. The van der Waals surface area contributed by atoms with Crippen LogP contribution in [-0.2, 0) is 0 Å². The van der Waals surface area contributed by atoms with Crippen molar-refractivity contribution in [3.63, 3.8) is 0 Å². The van der Waals surface area contributed by atoms with E-state index in [1.54, 1.807) is 0 Å². The Morgan fingerprint density at radius 2 is 1.50 bits per heavy atom. The number of nitrogens with zero attached hydrogens (tertiary/aromatic N) is 2. The lowest BCUT2D eigenvalue weighted by atomic mass is 10.4. The van der Waals surface area contributed by atoms with Crippen LogP contribution in [0.3, 0.4) is 0 Å². The molecule has 0 amide bonds. The van der Waals surface area contributed by atoms with Crippen LogP contribution >= 0.6 is 0 Å². The quantitative estimate of drug-likeness (QED) is 0.247. The SMILES string of the molecule is CNCCN(CCNC)CCNC#N. The van der Waals surface area contributed by atoms with Crippen LogP contribution in [0.15, 0.2) is 0 Å². The second kappa shape index (κ2) is 10.3. The lowest BCUT2D eigenvalue weighted by molar-refractivity contribution is 0.280. The van der Waals surface area contributed by atoms with Gasteiger partial charge in [0, 0.05) is 39.3 Å². The van der Waals surface area contributed by atoms with Crippen molar-refractivity contribution in [2.45, 2.75) is 0 Å². The number of rotatable bonds is 9. The molecule has 0 bridgehead atoms. The van der Waals surface area contributed by atoms with Gasteiger partial charge in [-0.1, -0.05) is 0 Å². The maximum atomic E-state index is 8.33. The lowest BCUT2D eigenvalue weighted by Crippen LogP contribution is -2.39. The summed E-state index contributed by atoms with van der Waals surface area (Å²) in [7, 11) is 3.90. The van der Waals surface area contributed by atoms with Gasteiger partial charge >= 0.3 is 0 Å². The average molecular weight is 199 g/mol. The minimum Gasteiger partial charge on any atom is -0.323 e. The molecule has 14 heavy (non-hydrogen) atoms. The zero-order valence-corrected chi connectivity index (χ0v) is 9.14. The molecule has 0 atom stereocenters. The monoisotopic (exact) mass is 199 g/mol. The molecular weight excluding hydrogens is 178 g/mol. The van der Waals surface area contributed by atoms with Gasteiger partial charge in [0.05, 0.1) is 0 Å². The third-order valence-corrected chi connectivity index (χ3v) is 1.99. The molecule has 0 unspecified atom stereocenters. The number of hydrogen-bond acceptors (Lipinski definition) is 5. The smallest absolute Gasteiger partial charge is 0.176 e. The van der Waals surface area contributed by atoms with Crippen molar-refractivity contribution >= 4 is 0 Å². The topological polar surface area (TPSA) is 63.1 Å². The summed E-state index contributed by atoms with van der Waals surface area (Å²) in [5, 5.41) is 17.2. The van der Waals surface area contributed by atoms with Crippen LogP contribution in [0.25, 0.3) is 0 Å². The summed E-state index contributed by atoms with van der Waals surface area (Å²) in [6.45, 7) is 5.64. The van der Waals surface area contributed by atoms with Gasteiger partial charge in [-0.25, -0.2) is 0 Å². The molecule has 5 heteroatoms. The van der Waals surface area contributed by atoms with E-state index in [0.29, 0.717) is 0 Å². The Labute approximate surface area is 86.5 Å². The highest BCUT2D eigenvalue weighted by atomic mass is 15.2. The molecule has 0 saturated heterocycles. The van der Waals surface area contributed by atoms with Crippen LogP contribution in [0, 0.1) is 11.5 Å². The fourth-order valence-electron chi connectivity index (χ4n) is 1.15. The van der Waals surface area contributed by atoms with Crippen molar-refractivity contribution in [3.05, 3.63) is 0 Å². The van der Waals surface area contributed by atoms with Crippen LogP contribution in [0.5, 0.6) is 0 Å². The molecule has 0 aliphatic rings. The predicted molar refractivity (Wildman–Crippen MR) is 57.9 cm³/mol. The molecule has 0 aromatic heterocycles. The van der Waals surface area contributed by atoms with Crippen LogP contribution in [0.1, 0.15) is 0 Å². The van der Waals surface area contributed by atoms with E-state index >= 15 is 0 Å². The van der Waals surface area contributed by atoms with Crippen LogP contribution < -0.4 is 16.0 Å². The molecule has 0 radical (unpaired) electrons. The Morgan fingerprint density at radius 3 is 1.93 bits per heavy atom. The third kappa shape index (κ3) is 7.80. The van der Waals surface area contributed by atoms with E-state index in [0.717, 1.165) is 39.3 Å². The van der Waals surface area contributed by atoms with Gasteiger partial charge in [-0.05, 0) is 14.1 Å². The standard InChI is InChI=1S/C9H21N5/c1-11-3-6-14(7-4-12-2)8-5-13-9-10/h11-13H,3-8H2,1-2H3. The Balaban J connectivity index is 3.56. The van der Waals surface area contributed by atoms with Gasteiger partial charge in [-0.3, -0.25) is 4.90 Å². The minimum absolute atomic E-state index is 0.726. The fraction of sp³-hybridized carbons (Fsp3) is 0.889. The first-order chi connectivity index (χ1) is 6.85. The van der Waals surface area contributed by atoms with Gasteiger partial charge in [-0.2, -0.15) is 5.26 Å². The number of nitriles is 1.